The predicted octanol–water partition coefficient (Wildman–Crippen LogP) is 3.32. The van der Waals surface area contributed by atoms with Crippen molar-refractivity contribution in [3.8, 4) is 0 Å². The molecule has 0 saturated carbocycles. The third kappa shape index (κ3) is 8.08. The molecule has 0 saturated heterocycles. The van der Waals surface area contributed by atoms with Crippen molar-refractivity contribution in [1.29, 1.82) is 0 Å². The fourth-order valence-electron chi connectivity index (χ4n) is 1.81. The third-order valence-electron chi connectivity index (χ3n) is 3.30. The molecule has 0 aromatic rings. The summed E-state index contributed by atoms with van der Waals surface area (Å²) in [6.45, 7) is 10.7. The molecule has 116 valence electrons. The minimum atomic E-state index is -0.519. The Labute approximate surface area is 122 Å². The van der Waals surface area contributed by atoms with Gasteiger partial charge >= 0.3 is 5.97 Å². The van der Waals surface area contributed by atoms with Gasteiger partial charge in [0.15, 0.2) is 0 Å². The smallest absolute Gasteiger partial charge is 0.306 e. The molecule has 0 fully saturated rings. The van der Waals surface area contributed by atoms with Crippen molar-refractivity contribution < 1.29 is 19.1 Å². The van der Waals surface area contributed by atoms with E-state index in [0.717, 1.165) is 6.42 Å². The van der Waals surface area contributed by atoms with Gasteiger partial charge in [-0.05, 0) is 40.5 Å². The highest BCUT2D eigenvalue weighted by Crippen LogP contribution is 2.19. The van der Waals surface area contributed by atoms with Gasteiger partial charge < -0.3 is 4.74 Å². The van der Waals surface area contributed by atoms with Crippen molar-refractivity contribution in [3.63, 3.8) is 0 Å². The van der Waals surface area contributed by atoms with E-state index in [2.05, 4.69) is 0 Å². The molecule has 0 aliphatic rings. The number of ketones is 2. The van der Waals surface area contributed by atoms with Crippen molar-refractivity contribution in [2.45, 2.75) is 72.8 Å². The van der Waals surface area contributed by atoms with Crippen molar-refractivity contribution in [1.82, 2.24) is 0 Å². The zero-order valence-corrected chi connectivity index (χ0v) is 13.6. The lowest BCUT2D eigenvalue weighted by atomic mass is 9.89. The molecule has 2 atom stereocenters. The molecule has 0 radical (unpaired) electrons. The Bertz CT molecular complexity index is 352. The van der Waals surface area contributed by atoms with E-state index in [1.54, 1.807) is 20.8 Å². The Kier molecular flexibility index (Phi) is 7.69. The van der Waals surface area contributed by atoms with Crippen LogP contribution in [0.1, 0.15) is 67.2 Å². The van der Waals surface area contributed by atoms with E-state index in [4.69, 9.17) is 4.74 Å². The molecule has 4 heteroatoms. The zero-order chi connectivity index (χ0) is 15.9. The number of rotatable bonds is 8. The number of carbonyl (C=O) groups excluding carboxylic acids is 3. The van der Waals surface area contributed by atoms with Gasteiger partial charge in [-0.3, -0.25) is 14.4 Å². The molecule has 20 heavy (non-hydrogen) atoms. The van der Waals surface area contributed by atoms with Gasteiger partial charge in [0.05, 0.1) is 0 Å². The second kappa shape index (κ2) is 8.18. The Morgan fingerprint density at radius 1 is 1.15 bits per heavy atom. The van der Waals surface area contributed by atoms with Gasteiger partial charge in [0.2, 0.25) is 0 Å². The van der Waals surface area contributed by atoms with Crippen LogP contribution < -0.4 is 0 Å². The van der Waals surface area contributed by atoms with Gasteiger partial charge in [0.25, 0.3) is 0 Å². The van der Waals surface area contributed by atoms with Crippen LogP contribution in [0, 0.1) is 11.8 Å². The van der Waals surface area contributed by atoms with Crippen LogP contribution in [0.2, 0.25) is 0 Å². The van der Waals surface area contributed by atoms with Gasteiger partial charge in [-0.1, -0.05) is 13.8 Å². The predicted molar refractivity (Wildman–Crippen MR) is 78.3 cm³/mol. The summed E-state index contributed by atoms with van der Waals surface area (Å²) in [5.74, 6) is -0.663. The van der Waals surface area contributed by atoms with Crippen LogP contribution in [0.3, 0.4) is 0 Å². The van der Waals surface area contributed by atoms with E-state index in [9.17, 15) is 14.4 Å². The van der Waals surface area contributed by atoms with Gasteiger partial charge in [0.1, 0.15) is 17.2 Å². The van der Waals surface area contributed by atoms with E-state index in [0.29, 0.717) is 6.42 Å². The number of esters is 1. The molecule has 0 amide bonds. The van der Waals surface area contributed by atoms with Crippen molar-refractivity contribution in [2.75, 3.05) is 0 Å². The lowest BCUT2D eigenvalue weighted by molar-refractivity contribution is -0.155. The second-order valence-electron chi connectivity index (χ2n) is 6.41. The van der Waals surface area contributed by atoms with Crippen LogP contribution in [0.4, 0.5) is 0 Å². The molecule has 0 bridgehead atoms. The summed E-state index contributed by atoms with van der Waals surface area (Å²) >= 11 is 0. The SMILES string of the molecule is CC[C@@H](C)C(=O)C[C@@H](CCC(=O)OC(C)(C)C)C(C)=O. The van der Waals surface area contributed by atoms with E-state index in [-0.39, 0.29) is 42.2 Å². The molecular formula is C16H28O4. The molecule has 0 aliphatic carbocycles. The Morgan fingerprint density at radius 3 is 2.10 bits per heavy atom. The fraction of sp³-hybridized carbons (Fsp3) is 0.812. The first-order valence-corrected chi connectivity index (χ1v) is 7.31. The van der Waals surface area contributed by atoms with Gasteiger partial charge in [-0.2, -0.15) is 0 Å². The molecule has 0 aromatic heterocycles. The lowest BCUT2D eigenvalue weighted by Gasteiger charge is -2.20. The molecule has 0 rings (SSSR count). The summed E-state index contributed by atoms with van der Waals surface area (Å²) in [7, 11) is 0. The van der Waals surface area contributed by atoms with Crippen LogP contribution in [0.25, 0.3) is 0 Å². The summed E-state index contributed by atoms with van der Waals surface area (Å²) in [5.41, 5.74) is -0.519. The highest BCUT2D eigenvalue weighted by molar-refractivity contribution is 5.88. The number of hydrogen-bond donors (Lipinski definition) is 0. The average molecular weight is 284 g/mol. The average Bonchev–Trinajstić information content (AvgIpc) is 2.30. The van der Waals surface area contributed by atoms with E-state index in [1.807, 2.05) is 13.8 Å². The summed E-state index contributed by atoms with van der Waals surface area (Å²) in [6.07, 6.45) is 1.56. The highest BCUT2D eigenvalue weighted by Gasteiger charge is 2.23. The van der Waals surface area contributed by atoms with Crippen molar-refractivity contribution in [2.24, 2.45) is 11.8 Å². The highest BCUT2D eigenvalue weighted by atomic mass is 16.6. The molecular weight excluding hydrogens is 256 g/mol. The van der Waals surface area contributed by atoms with Gasteiger partial charge in [0, 0.05) is 24.7 Å². The van der Waals surface area contributed by atoms with E-state index >= 15 is 0 Å². The van der Waals surface area contributed by atoms with E-state index in [1.165, 1.54) is 6.92 Å². The van der Waals surface area contributed by atoms with Crippen LogP contribution in [-0.2, 0) is 19.1 Å². The van der Waals surface area contributed by atoms with E-state index < -0.39 is 5.60 Å². The summed E-state index contributed by atoms with van der Waals surface area (Å²) < 4.78 is 5.21. The quantitative estimate of drug-likeness (QED) is 0.641. The Hall–Kier alpha value is -1.19. The topological polar surface area (TPSA) is 60.4 Å². The maximum absolute atomic E-state index is 11.9. The van der Waals surface area contributed by atoms with Crippen LogP contribution >= 0.6 is 0 Å². The Balaban J connectivity index is 4.40. The molecule has 0 aromatic carbocycles. The summed E-state index contributed by atoms with van der Waals surface area (Å²) in [5, 5.41) is 0. The fourth-order valence-corrected chi connectivity index (χ4v) is 1.81. The van der Waals surface area contributed by atoms with Crippen LogP contribution in [0.5, 0.6) is 0 Å². The molecule has 0 unspecified atom stereocenters. The number of ether oxygens (including phenoxy) is 1. The van der Waals surface area contributed by atoms with Gasteiger partial charge in [-0.15, -0.1) is 0 Å². The molecule has 0 N–H and O–H groups in total. The molecule has 4 nitrogen and oxygen atoms in total. The number of hydrogen-bond acceptors (Lipinski definition) is 4. The monoisotopic (exact) mass is 284 g/mol. The zero-order valence-electron chi connectivity index (χ0n) is 13.6. The Morgan fingerprint density at radius 2 is 1.70 bits per heavy atom. The summed E-state index contributed by atoms with van der Waals surface area (Å²) in [4.78, 5) is 35.1. The third-order valence-corrected chi connectivity index (χ3v) is 3.30. The number of Topliss-reactive ketones (excluding diaryl/α,β-unsaturated/α-hetero) is 2. The van der Waals surface area contributed by atoms with Crippen molar-refractivity contribution >= 4 is 17.5 Å². The molecule has 0 spiro atoms. The maximum Gasteiger partial charge on any atom is 0.306 e. The normalized spacial score (nSPS) is 14.5. The largest absolute Gasteiger partial charge is 0.460 e. The van der Waals surface area contributed by atoms with Gasteiger partial charge in [-0.25, -0.2) is 0 Å². The standard InChI is InChI=1S/C16H28O4/c1-7-11(2)14(18)10-13(12(3)17)8-9-15(19)20-16(4,5)6/h11,13H,7-10H2,1-6H3/t11-,13-/m1/s1. The first-order chi connectivity index (χ1) is 9.06. The minimum absolute atomic E-state index is 0.0293. The first kappa shape index (κ1) is 18.8. The second-order valence-corrected chi connectivity index (χ2v) is 6.41. The lowest BCUT2D eigenvalue weighted by Crippen LogP contribution is -2.25. The van der Waals surface area contributed by atoms with Crippen LogP contribution in [-0.4, -0.2) is 23.1 Å². The van der Waals surface area contributed by atoms with Crippen LogP contribution in [0.15, 0.2) is 0 Å². The minimum Gasteiger partial charge on any atom is -0.460 e. The molecule has 0 heterocycles. The first-order valence-electron chi connectivity index (χ1n) is 7.31. The summed E-state index contributed by atoms with van der Waals surface area (Å²) in [6, 6.07) is 0. The number of carbonyl (C=O) groups is 3. The molecule has 0 aliphatic heterocycles. The van der Waals surface area contributed by atoms with Crippen molar-refractivity contribution in [3.05, 3.63) is 0 Å². The maximum atomic E-state index is 11.9.